The Morgan fingerprint density at radius 3 is 2.55 bits per heavy atom. The summed E-state index contributed by atoms with van der Waals surface area (Å²) >= 11 is 0. The number of hydrazine groups is 1. The van der Waals surface area contributed by atoms with E-state index in [1.807, 2.05) is 0 Å². The van der Waals surface area contributed by atoms with Gasteiger partial charge in [-0.2, -0.15) is 0 Å². The quantitative estimate of drug-likeness (QED) is 0.615. The van der Waals surface area contributed by atoms with E-state index >= 15 is 0 Å². The van der Waals surface area contributed by atoms with Gasteiger partial charge in [-0.05, 0) is 49.9 Å². The van der Waals surface area contributed by atoms with Crippen LogP contribution in [0.4, 0.5) is 0 Å². The van der Waals surface area contributed by atoms with Crippen LogP contribution in [0.1, 0.15) is 71.1 Å². The minimum atomic E-state index is 0.206. The van der Waals surface area contributed by atoms with Gasteiger partial charge in [-0.25, -0.2) is 0 Å². The Morgan fingerprint density at radius 2 is 1.90 bits per heavy atom. The van der Waals surface area contributed by atoms with Crippen LogP contribution in [0.2, 0.25) is 0 Å². The molecule has 0 aromatic carbocycles. The second-order valence-electron chi connectivity index (χ2n) is 7.61. The van der Waals surface area contributed by atoms with Crippen LogP contribution in [-0.2, 0) is 4.74 Å². The van der Waals surface area contributed by atoms with Crippen LogP contribution in [0.3, 0.4) is 0 Å². The monoisotopic (exact) mass is 280 g/mol. The molecule has 1 saturated heterocycles. The van der Waals surface area contributed by atoms with Crippen LogP contribution < -0.4 is 11.3 Å². The molecule has 3 fully saturated rings. The van der Waals surface area contributed by atoms with Gasteiger partial charge in [0, 0.05) is 12.6 Å². The number of rotatable bonds is 3. The molecule has 0 bridgehead atoms. The van der Waals surface area contributed by atoms with Crippen molar-refractivity contribution in [2.45, 2.75) is 82.8 Å². The fourth-order valence-electron chi connectivity index (χ4n) is 5.23. The summed E-state index contributed by atoms with van der Waals surface area (Å²) in [5, 5.41) is 0. The maximum absolute atomic E-state index is 6.25. The van der Waals surface area contributed by atoms with Crippen molar-refractivity contribution < 1.29 is 4.74 Å². The molecule has 3 N–H and O–H groups in total. The van der Waals surface area contributed by atoms with Gasteiger partial charge in [0.25, 0.3) is 0 Å². The Bertz CT molecular complexity index is 309. The molecule has 116 valence electrons. The maximum Gasteiger partial charge on any atom is 0.0685 e. The van der Waals surface area contributed by atoms with Gasteiger partial charge in [-0.1, -0.05) is 39.0 Å². The van der Waals surface area contributed by atoms with Gasteiger partial charge in [0.1, 0.15) is 0 Å². The van der Waals surface area contributed by atoms with Crippen LogP contribution in [0, 0.1) is 17.8 Å². The minimum absolute atomic E-state index is 0.206. The third-order valence-electron chi connectivity index (χ3n) is 6.39. The third kappa shape index (κ3) is 2.90. The van der Waals surface area contributed by atoms with Gasteiger partial charge in [0.15, 0.2) is 0 Å². The van der Waals surface area contributed by atoms with E-state index in [-0.39, 0.29) is 5.60 Å². The maximum atomic E-state index is 6.25. The summed E-state index contributed by atoms with van der Waals surface area (Å²) in [5.41, 5.74) is 3.42. The average molecular weight is 280 g/mol. The molecule has 0 radical (unpaired) electrons. The van der Waals surface area contributed by atoms with E-state index < -0.39 is 0 Å². The lowest BCUT2D eigenvalue weighted by Gasteiger charge is -2.46. The Hall–Kier alpha value is -0.120. The number of hydrogen-bond donors (Lipinski definition) is 2. The molecule has 1 aliphatic heterocycles. The summed E-state index contributed by atoms with van der Waals surface area (Å²) in [4.78, 5) is 0. The smallest absolute Gasteiger partial charge is 0.0685 e. The molecule has 2 aliphatic carbocycles. The van der Waals surface area contributed by atoms with E-state index in [9.17, 15) is 0 Å². The molecule has 3 heteroatoms. The van der Waals surface area contributed by atoms with Crippen molar-refractivity contribution >= 4 is 0 Å². The second-order valence-corrected chi connectivity index (χ2v) is 7.61. The van der Waals surface area contributed by atoms with Crippen molar-refractivity contribution in [3.8, 4) is 0 Å². The largest absolute Gasteiger partial charge is 0.375 e. The summed E-state index contributed by atoms with van der Waals surface area (Å²) in [6, 6.07) is 0.509. The molecule has 0 aromatic heterocycles. The van der Waals surface area contributed by atoms with Gasteiger partial charge < -0.3 is 4.74 Å². The predicted molar refractivity (Wildman–Crippen MR) is 82.1 cm³/mol. The summed E-state index contributed by atoms with van der Waals surface area (Å²) in [6.45, 7) is 3.36. The van der Waals surface area contributed by atoms with E-state index in [0.717, 1.165) is 24.4 Å². The Balaban J connectivity index is 1.68. The Labute approximate surface area is 124 Å². The molecule has 3 nitrogen and oxygen atoms in total. The summed E-state index contributed by atoms with van der Waals surface area (Å²) in [5.74, 6) is 8.31. The van der Waals surface area contributed by atoms with Crippen molar-refractivity contribution in [2.24, 2.45) is 23.6 Å². The highest BCUT2D eigenvalue weighted by Crippen LogP contribution is 2.45. The lowest BCUT2D eigenvalue weighted by atomic mass is 9.71. The number of nitrogens with one attached hydrogen (secondary N) is 1. The van der Waals surface area contributed by atoms with Gasteiger partial charge in [-0.15, -0.1) is 0 Å². The average Bonchev–Trinajstić information content (AvgIpc) is 2.87. The molecule has 4 atom stereocenters. The van der Waals surface area contributed by atoms with E-state index in [2.05, 4.69) is 12.3 Å². The first-order chi connectivity index (χ1) is 9.74. The van der Waals surface area contributed by atoms with Crippen LogP contribution in [0.25, 0.3) is 0 Å². The Morgan fingerprint density at radius 1 is 1.10 bits per heavy atom. The number of hydrogen-bond acceptors (Lipinski definition) is 3. The van der Waals surface area contributed by atoms with Crippen LogP contribution in [0.15, 0.2) is 0 Å². The van der Waals surface area contributed by atoms with Gasteiger partial charge >= 0.3 is 0 Å². The first kappa shape index (κ1) is 14.8. The first-order valence-corrected chi connectivity index (χ1v) is 8.84. The zero-order valence-corrected chi connectivity index (χ0v) is 13.1. The highest BCUT2D eigenvalue weighted by atomic mass is 16.5. The summed E-state index contributed by atoms with van der Waals surface area (Å²) < 4.78 is 6.25. The van der Waals surface area contributed by atoms with E-state index in [4.69, 9.17) is 10.6 Å². The molecule has 4 unspecified atom stereocenters. The lowest BCUT2D eigenvalue weighted by Crippen LogP contribution is -2.52. The zero-order valence-electron chi connectivity index (χ0n) is 13.1. The normalized spacial score (nSPS) is 39.0. The SMILES string of the molecule is CC1CCCC1C(NN)C1CCOC2(CCCCC2)C1. The van der Waals surface area contributed by atoms with Gasteiger partial charge in [-0.3, -0.25) is 11.3 Å². The molecule has 1 spiro atoms. The lowest BCUT2D eigenvalue weighted by molar-refractivity contribution is -0.124. The van der Waals surface area contributed by atoms with Gasteiger partial charge in [0.05, 0.1) is 5.60 Å². The first-order valence-electron chi connectivity index (χ1n) is 8.84. The fourth-order valence-corrected chi connectivity index (χ4v) is 5.23. The molecule has 2 saturated carbocycles. The summed E-state index contributed by atoms with van der Waals surface area (Å²) in [7, 11) is 0. The number of nitrogens with two attached hydrogens (primary N) is 1. The number of ether oxygens (including phenoxy) is 1. The fraction of sp³-hybridized carbons (Fsp3) is 1.00. The molecular formula is C17H32N2O. The molecule has 3 aliphatic rings. The Kier molecular flexibility index (Phi) is 4.68. The highest BCUT2D eigenvalue weighted by Gasteiger charge is 2.43. The highest BCUT2D eigenvalue weighted by molar-refractivity contribution is 4.96. The summed E-state index contributed by atoms with van der Waals surface area (Å²) in [6.07, 6.45) is 13.2. The van der Waals surface area contributed by atoms with E-state index in [1.165, 1.54) is 64.2 Å². The molecular weight excluding hydrogens is 248 g/mol. The van der Waals surface area contributed by atoms with Crippen molar-refractivity contribution in [2.75, 3.05) is 6.61 Å². The third-order valence-corrected chi connectivity index (χ3v) is 6.39. The van der Waals surface area contributed by atoms with Crippen molar-refractivity contribution in [3.63, 3.8) is 0 Å². The predicted octanol–water partition coefficient (Wildman–Crippen LogP) is 3.38. The second kappa shape index (κ2) is 6.33. The van der Waals surface area contributed by atoms with E-state index in [1.54, 1.807) is 0 Å². The van der Waals surface area contributed by atoms with Crippen LogP contribution in [-0.4, -0.2) is 18.2 Å². The molecule has 20 heavy (non-hydrogen) atoms. The zero-order chi connectivity index (χ0) is 14.0. The standard InChI is InChI=1S/C17H32N2O/c1-13-6-5-7-15(13)16(19-18)14-8-11-20-17(12-14)9-3-2-4-10-17/h13-16,19H,2-12,18H2,1H3. The van der Waals surface area contributed by atoms with Crippen molar-refractivity contribution in [1.29, 1.82) is 0 Å². The van der Waals surface area contributed by atoms with Crippen LogP contribution >= 0.6 is 0 Å². The van der Waals surface area contributed by atoms with Gasteiger partial charge in [0.2, 0.25) is 0 Å². The van der Waals surface area contributed by atoms with Crippen LogP contribution in [0.5, 0.6) is 0 Å². The van der Waals surface area contributed by atoms with Crippen molar-refractivity contribution in [1.82, 2.24) is 5.43 Å². The molecule has 0 aromatic rings. The molecule has 0 amide bonds. The topological polar surface area (TPSA) is 47.3 Å². The minimum Gasteiger partial charge on any atom is -0.375 e. The molecule has 3 rings (SSSR count). The molecule has 1 heterocycles. The van der Waals surface area contributed by atoms with Crippen molar-refractivity contribution in [3.05, 3.63) is 0 Å². The van der Waals surface area contributed by atoms with E-state index in [0.29, 0.717) is 6.04 Å².